The number of piperidine rings is 1. The number of benzene rings is 2. The fourth-order valence-corrected chi connectivity index (χ4v) is 7.10. The van der Waals surface area contributed by atoms with Crippen molar-refractivity contribution in [3.63, 3.8) is 0 Å². The molecular formula is C39H58N8O5. The fraction of sp³-hybridized carbons (Fsp3) is 0.564. The van der Waals surface area contributed by atoms with Crippen LogP contribution in [-0.4, -0.2) is 103 Å². The van der Waals surface area contributed by atoms with Crippen molar-refractivity contribution in [2.24, 2.45) is 22.8 Å². The highest BCUT2D eigenvalue weighted by molar-refractivity contribution is 5.95. The van der Waals surface area contributed by atoms with Crippen LogP contribution >= 0.6 is 0 Å². The van der Waals surface area contributed by atoms with Crippen molar-refractivity contribution in [1.29, 1.82) is 0 Å². The zero-order chi connectivity index (χ0) is 37.7. The second-order valence-electron chi connectivity index (χ2n) is 14.8. The molecule has 2 aliphatic heterocycles. The van der Waals surface area contributed by atoms with Crippen LogP contribution in [0.5, 0.6) is 0 Å². The van der Waals surface area contributed by atoms with Gasteiger partial charge >= 0.3 is 6.03 Å². The van der Waals surface area contributed by atoms with E-state index in [1.165, 1.54) is 0 Å². The number of carbonyl (C=O) groups is 5. The molecule has 2 aromatic rings. The van der Waals surface area contributed by atoms with Crippen LogP contribution in [0.15, 0.2) is 60.7 Å². The minimum absolute atomic E-state index is 0.0192. The number of likely N-dealkylation sites (tertiary alicyclic amines) is 2. The average molecular weight is 719 g/mol. The predicted molar refractivity (Wildman–Crippen MR) is 201 cm³/mol. The van der Waals surface area contributed by atoms with Crippen LogP contribution in [0, 0.1) is 11.3 Å². The molecule has 0 aromatic heterocycles. The Hall–Kier alpha value is -4.49. The maximum Gasteiger partial charge on any atom is 0.317 e. The quantitative estimate of drug-likeness (QED) is 0.134. The first-order chi connectivity index (χ1) is 24.9. The third-order valence-electron chi connectivity index (χ3n) is 10.1. The third kappa shape index (κ3) is 11.5. The number of rotatable bonds is 17. The van der Waals surface area contributed by atoms with Gasteiger partial charge in [-0.05, 0) is 68.5 Å². The number of nitrogens with two attached hydrogens (primary N) is 2. The van der Waals surface area contributed by atoms with Crippen LogP contribution in [0.4, 0.5) is 4.79 Å². The summed E-state index contributed by atoms with van der Waals surface area (Å²) in [6.45, 7) is 6.82. The monoisotopic (exact) mass is 718 g/mol. The summed E-state index contributed by atoms with van der Waals surface area (Å²) in [5.41, 5.74) is 13.8. The number of unbranched alkanes of at least 4 members (excludes halogenated alkanes) is 1. The van der Waals surface area contributed by atoms with Gasteiger partial charge in [-0.2, -0.15) is 0 Å². The van der Waals surface area contributed by atoms with Gasteiger partial charge in [0, 0.05) is 45.1 Å². The van der Waals surface area contributed by atoms with E-state index >= 15 is 0 Å². The van der Waals surface area contributed by atoms with Crippen LogP contribution in [0.3, 0.4) is 0 Å². The van der Waals surface area contributed by atoms with Crippen LogP contribution in [0.25, 0.3) is 0 Å². The number of urea groups is 1. The lowest BCUT2D eigenvalue weighted by Gasteiger charge is -2.53. The lowest BCUT2D eigenvalue weighted by atomic mass is 9.72. The summed E-state index contributed by atoms with van der Waals surface area (Å²) in [4.78, 5) is 70.7. The zero-order valence-electron chi connectivity index (χ0n) is 30.9. The Balaban J connectivity index is 1.44. The summed E-state index contributed by atoms with van der Waals surface area (Å²) >= 11 is 0. The Labute approximate surface area is 308 Å². The molecule has 2 aliphatic rings. The van der Waals surface area contributed by atoms with Crippen LogP contribution in [-0.2, 0) is 32.0 Å². The Morgan fingerprint density at radius 1 is 0.731 bits per heavy atom. The summed E-state index contributed by atoms with van der Waals surface area (Å²) < 4.78 is 0. The van der Waals surface area contributed by atoms with Crippen LogP contribution in [0.2, 0.25) is 0 Å². The molecule has 0 bridgehead atoms. The van der Waals surface area contributed by atoms with Crippen molar-refractivity contribution in [3.8, 4) is 0 Å². The van der Waals surface area contributed by atoms with Gasteiger partial charge in [0.1, 0.15) is 18.1 Å². The molecule has 2 saturated heterocycles. The summed E-state index contributed by atoms with van der Waals surface area (Å²) in [6, 6.07) is 15.1. The van der Waals surface area contributed by atoms with E-state index in [-0.39, 0.29) is 29.7 Å². The molecule has 284 valence electrons. The highest BCUT2D eigenvalue weighted by Crippen LogP contribution is 2.40. The molecule has 0 radical (unpaired) electrons. The van der Waals surface area contributed by atoms with Gasteiger partial charge in [0.05, 0.1) is 6.04 Å². The Morgan fingerprint density at radius 2 is 1.27 bits per heavy atom. The molecule has 4 atom stereocenters. The average Bonchev–Trinajstić information content (AvgIpc) is 3.12. The summed E-state index contributed by atoms with van der Waals surface area (Å²) in [5, 5.41) is 11.4. The van der Waals surface area contributed by atoms with Gasteiger partial charge in [0.2, 0.25) is 23.6 Å². The maximum absolute atomic E-state index is 14.0. The molecule has 1 spiro atoms. The topological polar surface area (TPSA) is 192 Å². The minimum Gasteiger partial charge on any atom is -0.343 e. The van der Waals surface area contributed by atoms with Crippen molar-refractivity contribution in [2.45, 2.75) is 89.4 Å². The van der Waals surface area contributed by atoms with E-state index < -0.39 is 41.9 Å². The molecule has 2 fully saturated rings. The molecule has 4 rings (SSSR count). The Bertz CT molecular complexity index is 1470. The largest absolute Gasteiger partial charge is 0.343 e. The number of hydrogen-bond acceptors (Lipinski definition) is 7. The van der Waals surface area contributed by atoms with Gasteiger partial charge < -0.3 is 42.5 Å². The molecule has 13 heteroatoms. The standard InChI is InChI=1S/C39H58N8O5/c1-27(2)22-32(45-36(50)33(24-29-14-8-5-9-15-29)44-34(48)30(41)23-28-12-6-4-7-13-28)35(49)43-31(16-10-11-19-40)37(51)46-20-17-39(18-21-46)25-47(26-39)38(52)42-3/h4-9,12-15,27,30-33H,10-11,16-26,40-41H2,1-3H3,(H,42,52)(H,43,49)(H,44,48)(H,45,50)/t30-,31-,32-,33-/m1/s1. The highest BCUT2D eigenvalue weighted by atomic mass is 16.2. The highest BCUT2D eigenvalue weighted by Gasteiger charge is 2.47. The van der Waals surface area contributed by atoms with Crippen molar-refractivity contribution < 1.29 is 24.0 Å². The molecular weight excluding hydrogens is 660 g/mol. The van der Waals surface area contributed by atoms with E-state index in [2.05, 4.69) is 21.3 Å². The van der Waals surface area contributed by atoms with E-state index in [1.54, 1.807) is 16.8 Å². The van der Waals surface area contributed by atoms with Gasteiger partial charge in [-0.1, -0.05) is 74.5 Å². The van der Waals surface area contributed by atoms with Gasteiger partial charge in [0.25, 0.3) is 0 Å². The van der Waals surface area contributed by atoms with Crippen LogP contribution < -0.4 is 32.7 Å². The molecule has 0 aliphatic carbocycles. The van der Waals surface area contributed by atoms with Crippen molar-refractivity contribution in [2.75, 3.05) is 39.8 Å². The maximum atomic E-state index is 14.0. The van der Waals surface area contributed by atoms with Gasteiger partial charge in [-0.15, -0.1) is 0 Å². The third-order valence-corrected chi connectivity index (χ3v) is 10.1. The molecule has 6 amide bonds. The van der Waals surface area contributed by atoms with E-state index in [1.807, 2.05) is 74.5 Å². The Morgan fingerprint density at radius 3 is 1.83 bits per heavy atom. The number of nitrogens with zero attached hydrogens (tertiary/aromatic N) is 2. The van der Waals surface area contributed by atoms with E-state index in [4.69, 9.17) is 11.5 Å². The molecule has 0 unspecified atom stereocenters. The first-order valence-corrected chi connectivity index (χ1v) is 18.6. The van der Waals surface area contributed by atoms with Crippen molar-refractivity contribution in [1.82, 2.24) is 31.1 Å². The smallest absolute Gasteiger partial charge is 0.317 e. The fourth-order valence-electron chi connectivity index (χ4n) is 7.10. The van der Waals surface area contributed by atoms with Gasteiger partial charge in [-0.3, -0.25) is 19.2 Å². The van der Waals surface area contributed by atoms with Crippen molar-refractivity contribution in [3.05, 3.63) is 71.8 Å². The minimum atomic E-state index is -0.993. The van der Waals surface area contributed by atoms with E-state index in [0.717, 1.165) is 24.0 Å². The summed E-state index contributed by atoms with van der Waals surface area (Å²) in [6.07, 6.45) is 4.17. The number of nitrogens with one attached hydrogen (secondary N) is 4. The SMILES string of the molecule is CNC(=O)N1CC2(CCN(C(=O)[C@@H](CCCCN)NC(=O)[C@@H](CC(C)C)NC(=O)[C@@H](Cc3ccccc3)NC(=O)[C@H](N)Cc3ccccc3)CC2)C1. The lowest BCUT2D eigenvalue weighted by Crippen LogP contribution is -2.64. The van der Waals surface area contributed by atoms with E-state index in [9.17, 15) is 24.0 Å². The molecule has 13 nitrogen and oxygen atoms in total. The molecule has 0 saturated carbocycles. The molecule has 2 aromatic carbocycles. The molecule has 52 heavy (non-hydrogen) atoms. The summed E-state index contributed by atoms with van der Waals surface area (Å²) in [7, 11) is 1.62. The molecule has 2 heterocycles. The molecule has 8 N–H and O–H groups in total. The normalized spacial score (nSPS) is 17.3. The second kappa shape index (κ2) is 19.4. The number of hydrogen-bond donors (Lipinski definition) is 6. The first kappa shape index (κ1) is 40.3. The number of amides is 6. The first-order valence-electron chi connectivity index (χ1n) is 18.6. The van der Waals surface area contributed by atoms with Gasteiger partial charge in [-0.25, -0.2) is 4.79 Å². The zero-order valence-corrected chi connectivity index (χ0v) is 30.9. The van der Waals surface area contributed by atoms with Crippen LogP contribution in [0.1, 0.15) is 63.5 Å². The van der Waals surface area contributed by atoms with Gasteiger partial charge in [0.15, 0.2) is 0 Å². The summed E-state index contributed by atoms with van der Waals surface area (Å²) in [5.74, 6) is -1.55. The lowest BCUT2D eigenvalue weighted by molar-refractivity contribution is -0.141. The Kier molecular flexibility index (Phi) is 15.0. The number of carbonyl (C=O) groups excluding carboxylic acids is 5. The second-order valence-corrected chi connectivity index (χ2v) is 14.8. The predicted octanol–water partition coefficient (Wildman–Crippen LogP) is 1.69. The van der Waals surface area contributed by atoms with Crippen molar-refractivity contribution >= 4 is 29.7 Å². The van der Waals surface area contributed by atoms with E-state index in [0.29, 0.717) is 64.8 Å².